The van der Waals surface area contributed by atoms with Gasteiger partial charge >= 0.3 is 0 Å². The number of rotatable bonds is 5. The standard InChI is InChI=1S/C12H13N5O2/c18-17(19)11-4-2-1-3-10(11)13-7-12-15-14-8-16(12)9-5-6-9/h1-4,8-9,13H,5-7H2. The summed E-state index contributed by atoms with van der Waals surface area (Å²) in [5.74, 6) is 0.806. The number of nitrogens with zero attached hydrogens (tertiary/aromatic N) is 4. The number of benzene rings is 1. The van der Waals surface area contributed by atoms with Crippen molar-refractivity contribution in [2.75, 3.05) is 5.32 Å². The molecule has 1 N–H and O–H groups in total. The van der Waals surface area contributed by atoms with Crippen LogP contribution >= 0.6 is 0 Å². The smallest absolute Gasteiger partial charge is 0.292 e. The van der Waals surface area contributed by atoms with E-state index < -0.39 is 4.92 Å². The zero-order valence-corrected chi connectivity index (χ0v) is 10.2. The maximum absolute atomic E-state index is 10.9. The lowest BCUT2D eigenvalue weighted by Gasteiger charge is -2.07. The molecule has 98 valence electrons. The number of nitro benzene ring substituents is 1. The summed E-state index contributed by atoms with van der Waals surface area (Å²) in [5.41, 5.74) is 0.567. The molecule has 2 aromatic rings. The third-order valence-electron chi connectivity index (χ3n) is 3.13. The summed E-state index contributed by atoms with van der Waals surface area (Å²) < 4.78 is 2.03. The molecule has 1 aliphatic carbocycles. The molecule has 7 heteroatoms. The van der Waals surface area contributed by atoms with Gasteiger partial charge in [-0.1, -0.05) is 12.1 Å². The van der Waals surface area contributed by atoms with Crippen LogP contribution in [0.1, 0.15) is 24.7 Å². The molecule has 1 fully saturated rings. The molecule has 0 aliphatic heterocycles. The van der Waals surface area contributed by atoms with Crippen LogP contribution in [0.25, 0.3) is 0 Å². The first-order valence-corrected chi connectivity index (χ1v) is 6.11. The van der Waals surface area contributed by atoms with Crippen molar-refractivity contribution < 1.29 is 4.92 Å². The van der Waals surface area contributed by atoms with E-state index in [0.717, 1.165) is 18.7 Å². The van der Waals surface area contributed by atoms with E-state index in [0.29, 0.717) is 18.3 Å². The highest BCUT2D eigenvalue weighted by Gasteiger charge is 2.26. The molecule has 0 amide bonds. The molecule has 0 saturated heterocycles. The van der Waals surface area contributed by atoms with E-state index in [2.05, 4.69) is 15.5 Å². The van der Waals surface area contributed by atoms with Crippen LogP contribution in [0.3, 0.4) is 0 Å². The third-order valence-corrected chi connectivity index (χ3v) is 3.13. The molecule has 0 spiro atoms. The molecule has 1 aromatic carbocycles. The van der Waals surface area contributed by atoms with Crippen molar-refractivity contribution in [2.45, 2.75) is 25.4 Å². The van der Waals surface area contributed by atoms with E-state index in [1.807, 2.05) is 4.57 Å². The third kappa shape index (κ3) is 2.40. The minimum atomic E-state index is -0.395. The Hall–Kier alpha value is -2.44. The fraction of sp³-hybridized carbons (Fsp3) is 0.333. The Labute approximate surface area is 109 Å². The molecule has 1 aliphatic rings. The molecule has 19 heavy (non-hydrogen) atoms. The Morgan fingerprint density at radius 3 is 2.95 bits per heavy atom. The van der Waals surface area contributed by atoms with E-state index in [-0.39, 0.29) is 5.69 Å². The summed E-state index contributed by atoms with van der Waals surface area (Å²) in [5, 5.41) is 21.9. The Kier molecular flexibility index (Phi) is 2.86. The lowest BCUT2D eigenvalue weighted by Crippen LogP contribution is -2.08. The number of aromatic nitrogens is 3. The highest BCUT2D eigenvalue weighted by atomic mass is 16.6. The quantitative estimate of drug-likeness (QED) is 0.656. The average molecular weight is 259 g/mol. The van der Waals surface area contributed by atoms with Gasteiger partial charge in [0, 0.05) is 12.1 Å². The van der Waals surface area contributed by atoms with Gasteiger partial charge < -0.3 is 9.88 Å². The minimum absolute atomic E-state index is 0.0694. The number of para-hydroxylation sites is 2. The summed E-state index contributed by atoms with van der Waals surface area (Å²) in [4.78, 5) is 10.5. The molecular formula is C12H13N5O2. The van der Waals surface area contributed by atoms with Crippen molar-refractivity contribution in [3.8, 4) is 0 Å². The lowest BCUT2D eigenvalue weighted by molar-refractivity contribution is -0.384. The maximum atomic E-state index is 10.9. The van der Waals surface area contributed by atoms with Crippen molar-refractivity contribution in [3.05, 3.63) is 46.5 Å². The Morgan fingerprint density at radius 2 is 2.21 bits per heavy atom. The van der Waals surface area contributed by atoms with Gasteiger partial charge in [-0.25, -0.2) is 0 Å². The molecule has 1 saturated carbocycles. The molecule has 1 heterocycles. The molecule has 0 atom stereocenters. The van der Waals surface area contributed by atoms with Crippen molar-refractivity contribution in [1.29, 1.82) is 0 Å². The van der Waals surface area contributed by atoms with Crippen LogP contribution in [0, 0.1) is 10.1 Å². The summed E-state index contributed by atoms with van der Waals surface area (Å²) in [6.07, 6.45) is 4.02. The largest absolute Gasteiger partial charge is 0.372 e. The van der Waals surface area contributed by atoms with Gasteiger partial charge in [-0.2, -0.15) is 0 Å². The zero-order chi connectivity index (χ0) is 13.2. The van der Waals surface area contributed by atoms with Crippen LogP contribution < -0.4 is 5.32 Å². The van der Waals surface area contributed by atoms with Gasteiger partial charge in [0.15, 0.2) is 5.82 Å². The number of nitrogens with one attached hydrogen (secondary N) is 1. The van der Waals surface area contributed by atoms with Crippen LogP contribution in [0.15, 0.2) is 30.6 Å². The first kappa shape index (κ1) is 11.6. The van der Waals surface area contributed by atoms with Gasteiger partial charge in [0.2, 0.25) is 0 Å². The van der Waals surface area contributed by atoms with Crippen molar-refractivity contribution >= 4 is 11.4 Å². The molecular weight excluding hydrogens is 246 g/mol. The molecule has 0 unspecified atom stereocenters. The first-order chi connectivity index (χ1) is 9.25. The Bertz CT molecular complexity index is 606. The predicted molar refractivity (Wildman–Crippen MR) is 68.7 cm³/mol. The second kappa shape index (κ2) is 4.68. The van der Waals surface area contributed by atoms with Crippen LogP contribution in [0.2, 0.25) is 0 Å². The SMILES string of the molecule is O=[N+]([O-])c1ccccc1NCc1nncn1C1CC1. The number of hydrogen-bond acceptors (Lipinski definition) is 5. The molecule has 3 rings (SSSR count). The second-order valence-corrected chi connectivity index (χ2v) is 4.51. The maximum Gasteiger partial charge on any atom is 0.292 e. The number of hydrogen-bond donors (Lipinski definition) is 1. The normalized spacial score (nSPS) is 14.3. The molecule has 0 radical (unpaired) electrons. The summed E-state index contributed by atoms with van der Waals surface area (Å²) in [6, 6.07) is 7.08. The predicted octanol–water partition coefficient (Wildman–Crippen LogP) is 2.13. The van der Waals surface area contributed by atoms with Gasteiger partial charge in [-0.15, -0.1) is 10.2 Å². The first-order valence-electron chi connectivity index (χ1n) is 6.11. The van der Waals surface area contributed by atoms with Crippen LogP contribution in [0.4, 0.5) is 11.4 Å². The second-order valence-electron chi connectivity index (χ2n) is 4.51. The van der Waals surface area contributed by atoms with Crippen LogP contribution in [0.5, 0.6) is 0 Å². The van der Waals surface area contributed by atoms with Gasteiger partial charge in [0.1, 0.15) is 12.0 Å². The van der Waals surface area contributed by atoms with Gasteiger partial charge in [0.05, 0.1) is 11.5 Å². The summed E-state index contributed by atoms with van der Waals surface area (Å²) in [6.45, 7) is 0.432. The summed E-state index contributed by atoms with van der Waals surface area (Å²) in [7, 11) is 0. The van der Waals surface area contributed by atoms with Gasteiger partial charge in [0.25, 0.3) is 5.69 Å². The molecule has 0 bridgehead atoms. The van der Waals surface area contributed by atoms with Crippen molar-refractivity contribution in [1.82, 2.24) is 14.8 Å². The molecule has 7 nitrogen and oxygen atoms in total. The van der Waals surface area contributed by atoms with Gasteiger partial charge in [-0.3, -0.25) is 10.1 Å². The fourth-order valence-electron chi connectivity index (χ4n) is 2.01. The molecule has 1 aromatic heterocycles. The highest BCUT2D eigenvalue weighted by Crippen LogP contribution is 2.35. The average Bonchev–Trinajstić information content (AvgIpc) is 3.15. The van der Waals surface area contributed by atoms with Crippen molar-refractivity contribution in [2.24, 2.45) is 0 Å². The van der Waals surface area contributed by atoms with Crippen molar-refractivity contribution in [3.63, 3.8) is 0 Å². The topological polar surface area (TPSA) is 85.9 Å². The van der Waals surface area contributed by atoms with Crippen LogP contribution in [-0.2, 0) is 6.54 Å². The summed E-state index contributed by atoms with van der Waals surface area (Å²) >= 11 is 0. The monoisotopic (exact) mass is 259 g/mol. The van der Waals surface area contributed by atoms with E-state index in [1.54, 1.807) is 24.5 Å². The fourth-order valence-corrected chi connectivity index (χ4v) is 2.01. The Balaban J connectivity index is 1.75. The van der Waals surface area contributed by atoms with Crippen LogP contribution in [-0.4, -0.2) is 19.7 Å². The van der Waals surface area contributed by atoms with E-state index in [9.17, 15) is 10.1 Å². The number of anilines is 1. The van der Waals surface area contributed by atoms with E-state index >= 15 is 0 Å². The number of nitro groups is 1. The highest BCUT2D eigenvalue weighted by molar-refractivity contribution is 5.60. The van der Waals surface area contributed by atoms with E-state index in [4.69, 9.17) is 0 Å². The zero-order valence-electron chi connectivity index (χ0n) is 10.2. The van der Waals surface area contributed by atoms with E-state index in [1.165, 1.54) is 6.07 Å². The Morgan fingerprint density at radius 1 is 1.42 bits per heavy atom. The minimum Gasteiger partial charge on any atom is -0.372 e. The van der Waals surface area contributed by atoms with Gasteiger partial charge in [-0.05, 0) is 18.9 Å². The lowest BCUT2D eigenvalue weighted by atomic mass is 10.2.